The standard InChI is InChI=1S/C16H23N3O5/c1-9-6-12(17-22)11(14(20)13-7-10(2)24-18-13)8-19(9)15(21)23-16(3,4)5/h7,9,11,22H,6,8H2,1-5H3/t9-,11?/m0/s1. The van der Waals surface area contributed by atoms with E-state index in [1.165, 1.54) is 11.0 Å². The van der Waals surface area contributed by atoms with Gasteiger partial charge in [0.05, 0.1) is 11.6 Å². The smallest absolute Gasteiger partial charge is 0.410 e. The third-order valence-corrected chi connectivity index (χ3v) is 3.77. The maximum atomic E-state index is 12.6. The average molecular weight is 337 g/mol. The summed E-state index contributed by atoms with van der Waals surface area (Å²) in [5.74, 6) is -0.614. The van der Waals surface area contributed by atoms with Gasteiger partial charge in [0.1, 0.15) is 11.4 Å². The number of nitrogens with zero attached hydrogens (tertiary/aromatic N) is 3. The van der Waals surface area contributed by atoms with Crippen molar-refractivity contribution >= 4 is 17.6 Å². The molecule has 1 amide bonds. The number of ether oxygens (including phenoxy) is 1. The molecule has 0 aromatic carbocycles. The van der Waals surface area contributed by atoms with Gasteiger partial charge in [0.25, 0.3) is 0 Å². The molecule has 0 spiro atoms. The fourth-order valence-electron chi connectivity index (χ4n) is 2.62. The van der Waals surface area contributed by atoms with Crippen molar-refractivity contribution in [2.24, 2.45) is 11.1 Å². The molecule has 0 aliphatic carbocycles. The van der Waals surface area contributed by atoms with E-state index in [2.05, 4.69) is 10.3 Å². The molecule has 0 radical (unpaired) electrons. The zero-order valence-electron chi connectivity index (χ0n) is 14.6. The summed E-state index contributed by atoms with van der Waals surface area (Å²) in [6, 6.07) is 1.28. The molecule has 1 aromatic heterocycles. The van der Waals surface area contributed by atoms with E-state index in [4.69, 9.17) is 9.26 Å². The van der Waals surface area contributed by atoms with Gasteiger partial charge in [0, 0.05) is 25.1 Å². The third-order valence-electron chi connectivity index (χ3n) is 3.77. The van der Waals surface area contributed by atoms with E-state index < -0.39 is 17.6 Å². The molecular weight excluding hydrogens is 314 g/mol. The molecule has 2 rings (SSSR count). The molecule has 0 saturated carbocycles. The fourth-order valence-corrected chi connectivity index (χ4v) is 2.62. The fraction of sp³-hybridized carbons (Fsp3) is 0.625. The lowest BCUT2D eigenvalue weighted by atomic mass is 9.87. The molecule has 1 aliphatic rings. The van der Waals surface area contributed by atoms with E-state index in [-0.39, 0.29) is 30.5 Å². The summed E-state index contributed by atoms with van der Waals surface area (Å²) in [6.07, 6.45) is -0.218. The lowest BCUT2D eigenvalue weighted by molar-refractivity contribution is 0.0141. The maximum absolute atomic E-state index is 12.6. The Kier molecular flexibility index (Phi) is 4.96. The van der Waals surface area contributed by atoms with Gasteiger partial charge >= 0.3 is 6.09 Å². The van der Waals surface area contributed by atoms with Gasteiger partial charge in [0.2, 0.25) is 0 Å². The molecule has 0 bridgehead atoms. The van der Waals surface area contributed by atoms with Crippen LogP contribution in [0.4, 0.5) is 4.79 Å². The number of ketones is 1. The van der Waals surface area contributed by atoms with Crippen LogP contribution in [0.5, 0.6) is 0 Å². The predicted molar refractivity (Wildman–Crippen MR) is 85.3 cm³/mol. The Morgan fingerprint density at radius 3 is 2.62 bits per heavy atom. The van der Waals surface area contributed by atoms with Crippen LogP contribution >= 0.6 is 0 Å². The highest BCUT2D eigenvalue weighted by Crippen LogP contribution is 2.25. The van der Waals surface area contributed by atoms with E-state index in [1.54, 1.807) is 27.7 Å². The zero-order chi connectivity index (χ0) is 18.1. The molecule has 2 heterocycles. The Morgan fingerprint density at radius 2 is 2.12 bits per heavy atom. The minimum absolute atomic E-state index is 0.0697. The summed E-state index contributed by atoms with van der Waals surface area (Å²) < 4.78 is 10.3. The van der Waals surface area contributed by atoms with Gasteiger partial charge in [-0.25, -0.2) is 4.79 Å². The molecule has 24 heavy (non-hydrogen) atoms. The van der Waals surface area contributed by atoms with Gasteiger partial charge in [0.15, 0.2) is 11.5 Å². The van der Waals surface area contributed by atoms with Crippen molar-refractivity contribution < 1.29 is 24.1 Å². The first kappa shape index (κ1) is 18.0. The van der Waals surface area contributed by atoms with Crippen molar-refractivity contribution in [1.29, 1.82) is 0 Å². The predicted octanol–water partition coefficient (Wildman–Crippen LogP) is 2.64. The first-order chi connectivity index (χ1) is 11.1. The van der Waals surface area contributed by atoms with Crippen LogP contribution in [0.2, 0.25) is 0 Å². The van der Waals surface area contributed by atoms with E-state index in [1.807, 2.05) is 6.92 Å². The van der Waals surface area contributed by atoms with Gasteiger partial charge in [-0.05, 0) is 34.6 Å². The second-order valence-corrected chi connectivity index (χ2v) is 7.02. The van der Waals surface area contributed by atoms with Crippen LogP contribution in [0.3, 0.4) is 0 Å². The summed E-state index contributed by atoms with van der Waals surface area (Å²) in [7, 11) is 0. The van der Waals surface area contributed by atoms with Crippen LogP contribution in [-0.4, -0.2) is 51.0 Å². The van der Waals surface area contributed by atoms with Gasteiger partial charge in [-0.2, -0.15) is 0 Å². The summed E-state index contributed by atoms with van der Waals surface area (Å²) in [4.78, 5) is 26.5. The minimum atomic E-state index is -0.775. The van der Waals surface area contributed by atoms with Gasteiger partial charge in [-0.3, -0.25) is 4.79 Å². The van der Waals surface area contributed by atoms with E-state index >= 15 is 0 Å². The molecular formula is C16H23N3O5. The van der Waals surface area contributed by atoms with E-state index in [0.29, 0.717) is 11.5 Å². The summed E-state index contributed by atoms with van der Waals surface area (Å²) in [6.45, 7) is 8.90. The zero-order valence-corrected chi connectivity index (χ0v) is 14.6. The normalized spacial score (nSPS) is 23.4. The van der Waals surface area contributed by atoms with Crippen molar-refractivity contribution in [3.05, 3.63) is 17.5 Å². The van der Waals surface area contributed by atoms with Crippen LogP contribution in [0.1, 0.15) is 50.4 Å². The molecule has 8 heteroatoms. The third kappa shape index (κ3) is 3.93. The molecule has 132 valence electrons. The SMILES string of the molecule is Cc1cc(C(=O)C2CN(C(=O)OC(C)(C)C)[C@@H](C)CC2=NO)no1. The van der Waals surface area contributed by atoms with Crippen LogP contribution in [0.25, 0.3) is 0 Å². The second kappa shape index (κ2) is 6.62. The number of Topliss-reactive ketones (excluding diaryl/α,β-unsaturated/α-hetero) is 1. The van der Waals surface area contributed by atoms with Gasteiger partial charge < -0.3 is 19.4 Å². The first-order valence-electron chi connectivity index (χ1n) is 7.80. The van der Waals surface area contributed by atoms with Crippen LogP contribution in [0, 0.1) is 12.8 Å². The quantitative estimate of drug-likeness (QED) is 0.505. The number of piperidine rings is 1. The molecule has 1 unspecified atom stereocenters. The second-order valence-electron chi connectivity index (χ2n) is 7.02. The van der Waals surface area contributed by atoms with E-state index in [9.17, 15) is 14.8 Å². The van der Waals surface area contributed by atoms with Crippen molar-refractivity contribution in [3.63, 3.8) is 0 Å². The molecule has 2 atom stereocenters. The Bertz CT molecular complexity index is 659. The van der Waals surface area contributed by atoms with E-state index in [0.717, 1.165) is 0 Å². The molecule has 8 nitrogen and oxygen atoms in total. The highest BCUT2D eigenvalue weighted by molar-refractivity contribution is 6.12. The maximum Gasteiger partial charge on any atom is 0.410 e. The molecule has 1 fully saturated rings. The van der Waals surface area contributed by atoms with Crippen molar-refractivity contribution in [2.45, 2.75) is 52.7 Å². The topological polar surface area (TPSA) is 105 Å². The number of rotatable bonds is 2. The number of likely N-dealkylation sites (tertiary alicyclic amines) is 1. The Hall–Kier alpha value is -2.38. The van der Waals surface area contributed by atoms with Crippen LogP contribution in [0.15, 0.2) is 15.7 Å². The average Bonchev–Trinajstić information content (AvgIpc) is 2.90. The Balaban J connectivity index is 2.23. The summed E-state index contributed by atoms with van der Waals surface area (Å²) in [5, 5.41) is 16.2. The largest absolute Gasteiger partial charge is 0.444 e. The highest BCUT2D eigenvalue weighted by Gasteiger charge is 2.40. The van der Waals surface area contributed by atoms with Gasteiger partial charge in [-0.15, -0.1) is 0 Å². The number of hydrogen-bond acceptors (Lipinski definition) is 7. The number of carbonyl (C=O) groups is 2. The number of aromatic nitrogens is 1. The van der Waals surface area contributed by atoms with Gasteiger partial charge in [-0.1, -0.05) is 10.3 Å². The highest BCUT2D eigenvalue weighted by atomic mass is 16.6. The molecule has 1 aliphatic heterocycles. The summed E-state index contributed by atoms with van der Waals surface area (Å²) in [5.41, 5.74) is -0.157. The lowest BCUT2D eigenvalue weighted by Crippen LogP contribution is -2.52. The van der Waals surface area contributed by atoms with Crippen molar-refractivity contribution in [2.75, 3.05) is 6.54 Å². The van der Waals surface area contributed by atoms with Crippen molar-refractivity contribution in [1.82, 2.24) is 10.1 Å². The van der Waals surface area contributed by atoms with Crippen LogP contribution in [-0.2, 0) is 4.74 Å². The number of amides is 1. The number of oxime groups is 1. The van der Waals surface area contributed by atoms with Crippen LogP contribution < -0.4 is 0 Å². The Morgan fingerprint density at radius 1 is 1.46 bits per heavy atom. The number of hydrogen-bond donors (Lipinski definition) is 1. The first-order valence-corrected chi connectivity index (χ1v) is 7.80. The lowest BCUT2D eigenvalue weighted by Gasteiger charge is -2.38. The number of carbonyl (C=O) groups excluding carboxylic acids is 2. The van der Waals surface area contributed by atoms with Crippen molar-refractivity contribution in [3.8, 4) is 0 Å². The number of aryl methyl sites for hydroxylation is 1. The molecule has 1 saturated heterocycles. The minimum Gasteiger partial charge on any atom is -0.444 e. The monoisotopic (exact) mass is 337 g/mol. The Labute approximate surface area is 140 Å². The molecule has 1 aromatic rings. The summed E-state index contributed by atoms with van der Waals surface area (Å²) >= 11 is 0. The molecule has 1 N–H and O–H groups in total.